The van der Waals surface area contributed by atoms with Crippen molar-refractivity contribution in [2.45, 2.75) is 6.92 Å². The molecule has 134 valence electrons. The van der Waals surface area contributed by atoms with E-state index in [1.165, 1.54) is 4.68 Å². The van der Waals surface area contributed by atoms with Crippen LogP contribution in [0.25, 0.3) is 32.4 Å². The molecular formula is C24H17N3O. The molecule has 0 saturated heterocycles. The number of nitrogens with zero attached hydrogens (tertiary/aromatic N) is 3. The molecule has 0 N–H and O–H groups in total. The summed E-state index contributed by atoms with van der Waals surface area (Å²) in [4.78, 5) is 17.4. The van der Waals surface area contributed by atoms with Gasteiger partial charge in [0.2, 0.25) is 0 Å². The number of para-hydroxylation sites is 1. The Hall–Kier alpha value is -3.79. The number of benzene rings is 4. The second kappa shape index (κ2) is 6.43. The van der Waals surface area contributed by atoms with Crippen LogP contribution in [-0.4, -0.2) is 15.9 Å². The number of hydrogen-bond donors (Lipinski definition) is 0. The van der Waals surface area contributed by atoms with Crippen LogP contribution < -0.4 is 5.56 Å². The normalized spacial score (nSPS) is 11.8. The van der Waals surface area contributed by atoms with Crippen molar-refractivity contribution in [3.8, 4) is 0 Å². The van der Waals surface area contributed by atoms with Gasteiger partial charge >= 0.3 is 0 Å². The smallest absolute Gasteiger partial charge is 0.267 e. The molecule has 0 atom stereocenters. The molecule has 4 nitrogen and oxygen atoms in total. The van der Waals surface area contributed by atoms with Crippen molar-refractivity contribution in [2.75, 3.05) is 0 Å². The maximum atomic E-state index is 12.9. The predicted molar refractivity (Wildman–Crippen MR) is 115 cm³/mol. The lowest BCUT2D eigenvalue weighted by Crippen LogP contribution is -2.20. The van der Waals surface area contributed by atoms with E-state index >= 15 is 0 Å². The lowest BCUT2D eigenvalue weighted by atomic mass is 9.97. The standard InChI is InChI=1S/C24H17N3O/c1-16-26-23-13-7-6-12-21(23)24(28)27(16)25-15-22-19-10-4-2-8-17(19)14-18-9-3-5-11-20(18)22/h2-15H,1H3/b25-15-. The fourth-order valence-electron chi connectivity index (χ4n) is 3.67. The first-order valence-corrected chi connectivity index (χ1v) is 9.15. The van der Waals surface area contributed by atoms with Gasteiger partial charge in [0, 0.05) is 5.56 Å². The van der Waals surface area contributed by atoms with Gasteiger partial charge < -0.3 is 0 Å². The van der Waals surface area contributed by atoms with E-state index in [1.807, 2.05) is 42.5 Å². The molecule has 0 aliphatic carbocycles. The highest BCUT2D eigenvalue weighted by Gasteiger charge is 2.08. The molecule has 0 amide bonds. The van der Waals surface area contributed by atoms with Gasteiger partial charge in [0.05, 0.1) is 17.1 Å². The molecule has 1 heterocycles. The topological polar surface area (TPSA) is 47.2 Å². The van der Waals surface area contributed by atoms with Gasteiger partial charge in [-0.1, -0.05) is 60.7 Å². The van der Waals surface area contributed by atoms with Crippen molar-refractivity contribution < 1.29 is 0 Å². The average molecular weight is 363 g/mol. The van der Waals surface area contributed by atoms with Gasteiger partial charge in [-0.15, -0.1) is 0 Å². The first-order valence-electron chi connectivity index (χ1n) is 9.15. The van der Waals surface area contributed by atoms with Crippen molar-refractivity contribution >= 4 is 38.7 Å². The first kappa shape index (κ1) is 16.4. The Morgan fingerprint density at radius 3 is 2.07 bits per heavy atom. The Morgan fingerprint density at radius 2 is 1.39 bits per heavy atom. The fourth-order valence-corrected chi connectivity index (χ4v) is 3.67. The molecule has 0 bridgehead atoms. The van der Waals surface area contributed by atoms with E-state index in [2.05, 4.69) is 40.4 Å². The first-order chi connectivity index (χ1) is 13.7. The summed E-state index contributed by atoms with van der Waals surface area (Å²) in [6.45, 7) is 1.80. The molecule has 0 aliphatic heterocycles. The highest BCUT2D eigenvalue weighted by atomic mass is 16.1. The molecule has 4 heteroatoms. The third-order valence-corrected chi connectivity index (χ3v) is 5.03. The summed E-state index contributed by atoms with van der Waals surface area (Å²) >= 11 is 0. The number of aromatic nitrogens is 2. The minimum atomic E-state index is -0.163. The maximum absolute atomic E-state index is 12.9. The lowest BCUT2D eigenvalue weighted by Gasteiger charge is -2.09. The van der Waals surface area contributed by atoms with Gasteiger partial charge in [-0.25, -0.2) is 4.98 Å². The zero-order chi connectivity index (χ0) is 19.1. The zero-order valence-electron chi connectivity index (χ0n) is 15.3. The molecule has 0 fully saturated rings. The van der Waals surface area contributed by atoms with Gasteiger partial charge in [-0.2, -0.15) is 9.78 Å². The Bertz CT molecular complexity index is 1390. The average Bonchev–Trinajstić information content (AvgIpc) is 2.73. The van der Waals surface area contributed by atoms with Crippen LogP contribution in [0.2, 0.25) is 0 Å². The summed E-state index contributed by atoms with van der Waals surface area (Å²) in [5.74, 6) is 0.560. The van der Waals surface area contributed by atoms with Crippen LogP contribution in [-0.2, 0) is 0 Å². The number of aryl methyl sites for hydroxylation is 1. The summed E-state index contributed by atoms with van der Waals surface area (Å²) in [5.41, 5.74) is 1.52. The van der Waals surface area contributed by atoms with Gasteiger partial charge in [-0.05, 0) is 46.7 Å². The Balaban J connectivity index is 1.77. The van der Waals surface area contributed by atoms with Crippen molar-refractivity contribution in [1.82, 2.24) is 9.66 Å². The van der Waals surface area contributed by atoms with Crippen LogP contribution in [0.1, 0.15) is 11.4 Å². The molecule has 28 heavy (non-hydrogen) atoms. The fraction of sp³-hybridized carbons (Fsp3) is 0.0417. The SMILES string of the molecule is Cc1nc2ccccc2c(=O)n1/N=C\c1c2ccccc2cc2ccccc12. The zero-order valence-corrected chi connectivity index (χ0v) is 15.3. The highest BCUT2D eigenvalue weighted by Crippen LogP contribution is 2.27. The van der Waals surface area contributed by atoms with Crippen LogP contribution >= 0.6 is 0 Å². The third kappa shape index (κ3) is 2.58. The minimum Gasteiger partial charge on any atom is -0.267 e. The van der Waals surface area contributed by atoms with E-state index in [0.717, 1.165) is 27.1 Å². The van der Waals surface area contributed by atoms with Crippen LogP contribution in [0.5, 0.6) is 0 Å². The van der Waals surface area contributed by atoms with Crippen molar-refractivity contribution in [3.63, 3.8) is 0 Å². The second-order valence-corrected chi connectivity index (χ2v) is 6.77. The van der Waals surface area contributed by atoms with E-state index in [0.29, 0.717) is 16.7 Å². The molecule has 5 aromatic rings. The van der Waals surface area contributed by atoms with Crippen molar-refractivity contribution in [1.29, 1.82) is 0 Å². The number of hydrogen-bond acceptors (Lipinski definition) is 3. The Labute approximate surface area is 161 Å². The van der Waals surface area contributed by atoms with Crippen molar-refractivity contribution in [2.24, 2.45) is 5.10 Å². The Morgan fingerprint density at radius 1 is 0.821 bits per heavy atom. The monoisotopic (exact) mass is 363 g/mol. The summed E-state index contributed by atoms with van der Waals surface area (Å²) in [7, 11) is 0. The lowest BCUT2D eigenvalue weighted by molar-refractivity contribution is 0.771. The molecule has 0 spiro atoms. The van der Waals surface area contributed by atoms with Crippen LogP contribution in [0.15, 0.2) is 88.8 Å². The molecular weight excluding hydrogens is 346 g/mol. The third-order valence-electron chi connectivity index (χ3n) is 5.03. The number of rotatable bonds is 2. The van der Waals surface area contributed by atoms with Crippen LogP contribution in [0.3, 0.4) is 0 Å². The molecule has 0 aliphatic rings. The van der Waals surface area contributed by atoms with E-state index in [9.17, 15) is 4.79 Å². The van der Waals surface area contributed by atoms with Crippen LogP contribution in [0, 0.1) is 6.92 Å². The van der Waals surface area contributed by atoms with Gasteiger partial charge in [-0.3, -0.25) is 4.79 Å². The molecule has 0 radical (unpaired) electrons. The minimum absolute atomic E-state index is 0.163. The van der Waals surface area contributed by atoms with Gasteiger partial charge in [0.15, 0.2) is 0 Å². The predicted octanol–water partition coefficient (Wildman–Crippen LogP) is 4.89. The molecule has 0 unspecified atom stereocenters. The molecule has 1 aromatic heterocycles. The quantitative estimate of drug-likeness (QED) is 0.331. The van der Waals surface area contributed by atoms with E-state index < -0.39 is 0 Å². The summed E-state index contributed by atoms with van der Waals surface area (Å²) in [6.07, 6.45) is 1.77. The Kier molecular flexibility index (Phi) is 3.76. The second-order valence-electron chi connectivity index (χ2n) is 6.77. The molecule has 5 rings (SSSR count). The summed E-state index contributed by atoms with van der Waals surface area (Å²) in [6, 6.07) is 26.0. The molecule has 4 aromatic carbocycles. The maximum Gasteiger partial charge on any atom is 0.282 e. The van der Waals surface area contributed by atoms with Gasteiger partial charge in [0.25, 0.3) is 5.56 Å². The summed E-state index contributed by atoms with van der Waals surface area (Å²) < 4.78 is 1.37. The highest BCUT2D eigenvalue weighted by molar-refractivity contribution is 6.13. The van der Waals surface area contributed by atoms with Gasteiger partial charge in [0.1, 0.15) is 5.82 Å². The molecule has 0 saturated carbocycles. The summed E-state index contributed by atoms with van der Waals surface area (Å²) in [5, 5.41) is 9.59. The van der Waals surface area contributed by atoms with E-state index in [1.54, 1.807) is 19.2 Å². The van der Waals surface area contributed by atoms with E-state index in [4.69, 9.17) is 0 Å². The van der Waals surface area contributed by atoms with E-state index in [-0.39, 0.29) is 5.56 Å². The van der Waals surface area contributed by atoms with Crippen LogP contribution in [0.4, 0.5) is 0 Å². The largest absolute Gasteiger partial charge is 0.282 e. The van der Waals surface area contributed by atoms with Crippen molar-refractivity contribution in [3.05, 3.63) is 101 Å². The number of fused-ring (bicyclic) bond motifs is 3.